The van der Waals surface area contributed by atoms with Crippen LogP contribution in [-0.4, -0.2) is 75.0 Å². The van der Waals surface area contributed by atoms with E-state index in [2.05, 4.69) is 5.32 Å². The minimum Gasteiger partial charge on any atom is -0.376 e. The van der Waals surface area contributed by atoms with E-state index in [0.717, 1.165) is 17.2 Å². The molecule has 192 valence electrons. The first-order chi connectivity index (χ1) is 16.4. The van der Waals surface area contributed by atoms with Crippen LogP contribution in [0.3, 0.4) is 0 Å². The lowest BCUT2D eigenvalue weighted by molar-refractivity contribution is -0.139. The number of rotatable bonds is 9. The third-order valence-electron chi connectivity index (χ3n) is 5.99. The standard InChI is InChI=1S/C24H31F3N4O3S/c1-29(2)13-14-30(16-19-7-4-5-9-21(19)24(25,26)27)23(32)15-28-22-10-6-8-18-11-12-31(17-20(18)22)35(3,33)34/h4-10,28H,11-17H2,1-3H3. The minimum absolute atomic E-state index is 0.0352. The minimum atomic E-state index is -4.51. The zero-order chi connectivity index (χ0) is 25.8. The van der Waals surface area contributed by atoms with Gasteiger partial charge in [-0.3, -0.25) is 4.79 Å². The smallest absolute Gasteiger partial charge is 0.376 e. The molecule has 1 amide bonds. The summed E-state index contributed by atoms with van der Waals surface area (Å²) in [5.74, 6) is -0.350. The van der Waals surface area contributed by atoms with Gasteiger partial charge in [-0.25, -0.2) is 8.42 Å². The maximum Gasteiger partial charge on any atom is 0.416 e. The van der Waals surface area contributed by atoms with Crippen molar-refractivity contribution in [1.82, 2.24) is 14.1 Å². The highest BCUT2D eigenvalue weighted by atomic mass is 32.2. The zero-order valence-electron chi connectivity index (χ0n) is 20.1. The lowest BCUT2D eigenvalue weighted by atomic mass is 9.99. The van der Waals surface area contributed by atoms with Gasteiger partial charge >= 0.3 is 6.18 Å². The van der Waals surface area contributed by atoms with Crippen molar-refractivity contribution in [2.45, 2.75) is 25.7 Å². The molecule has 0 radical (unpaired) electrons. The van der Waals surface area contributed by atoms with Crippen LogP contribution < -0.4 is 5.32 Å². The number of hydrogen-bond donors (Lipinski definition) is 1. The highest BCUT2D eigenvalue weighted by Gasteiger charge is 2.33. The van der Waals surface area contributed by atoms with Crippen LogP contribution in [0, 0.1) is 0 Å². The number of likely N-dealkylation sites (N-methyl/N-ethyl adjacent to an activating group) is 1. The van der Waals surface area contributed by atoms with E-state index < -0.39 is 21.8 Å². The Labute approximate surface area is 204 Å². The van der Waals surface area contributed by atoms with Gasteiger partial charge in [-0.2, -0.15) is 17.5 Å². The van der Waals surface area contributed by atoms with Crippen molar-refractivity contribution in [3.05, 3.63) is 64.7 Å². The number of carbonyl (C=O) groups is 1. The first kappa shape index (κ1) is 27.0. The summed E-state index contributed by atoms with van der Waals surface area (Å²) in [5.41, 5.74) is 1.74. The van der Waals surface area contributed by atoms with Gasteiger partial charge in [0.05, 0.1) is 18.4 Å². The lowest BCUT2D eigenvalue weighted by Crippen LogP contribution is -2.40. The summed E-state index contributed by atoms with van der Waals surface area (Å²) >= 11 is 0. The fourth-order valence-electron chi connectivity index (χ4n) is 4.04. The number of nitrogens with one attached hydrogen (secondary N) is 1. The second kappa shape index (κ2) is 11.0. The molecular weight excluding hydrogens is 481 g/mol. The first-order valence-corrected chi connectivity index (χ1v) is 13.1. The van der Waals surface area contributed by atoms with E-state index >= 15 is 0 Å². The van der Waals surface area contributed by atoms with Crippen LogP contribution in [-0.2, 0) is 40.5 Å². The van der Waals surface area contributed by atoms with Crippen molar-refractivity contribution in [1.29, 1.82) is 0 Å². The largest absolute Gasteiger partial charge is 0.416 e. The summed E-state index contributed by atoms with van der Waals surface area (Å²) in [6, 6.07) is 10.8. The third kappa shape index (κ3) is 7.18. The van der Waals surface area contributed by atoms with Gasteiger partial charge in [0.25, 0.3) is 0 Å². The molecule has 35 heavy (non-hydrogen) atoms. The third-order valence-corrected chi connectivity index (χ3v) is 7.24. The SMILES string of the molecule is CN(C)CCN(Cc1ccccc1C(F)(F)F)C(=O)CNc1cccc2c1CN(S(C)(=O)=O)CC2. The zero-order valence-corrected chi connectivity index (χ0v) is 20.9. The highest BCUT2D eigenvalue weighted by Crippen LogP contribution is 2.32. The van der Waals surface area contributed by atoms with E-state index in [9.17, 15) is 26.4 Å². The van der Waals surface area contributed by atoms with E-state index in [4.69, 9.17) is 0 Å². The van der Waals surface area contributed by atoms with Crippen LogP contribution in [0.1, 0.15) is 22.3 Å². The van der Waals surface area contributed by atoms with Crippen LogP contribution >= 0.6 is 0 Å². The van der Waals surface area contributed by atoms with Crippen molar-refractivity contribution in [2.24, 2.45) is 0 Å². The number of benzene rings is 2. The number of nitrogens with zero attached hydrogens (tertiary/aromatic N) is 3. The Bertz CT molecular complexity index is 1150. The van der Waals surface area contributed by atoms with E-state index in [1.807, 2.05) is 31.1 Å². The fraction of sp³-hybridized carbons (Fsp3) is 0.458. The summed E-state index contributed by atoms with van der Waals surface area (Å²) in [7, 11) is 0.293. The maximum absolute atomic E-state index is 13.5. The van der Waals surface area contributed by atoms with Crippen molar-refractivity contribution >= 4 is 21.6 Å². The van der Waals surface area contributed by atoms with Gasteiger partial charge < -0.3 is 15.1 Å². The van der Waals surface area contributed by atoms with Crippen LogP contribution in [0.5, 0.6) is 0 Å². The molecule has 1 N–H and O–H groups in total. The molecule has 0 unspecified atom stereocenters. The average molecular weight is 513 g/mol. The molecule has 0 atom stereocenters. The molecule has 3 rings (SSSR count). The quantitative estimate of drug-likeness (QED) is 0.559. The molecule has 1 heterocycles. The van der Waals surface area contributed by atoms with Gasteiger partial charge in [0.15, 0.2) is 0 Å². The van der Waals surface area contributed by atoms with E-state index in [1.165, 1.54) is 33.7 Å². The van der Waals surface area contributed by atoms with Crippen LogP contribution in [0.15, 0.2) is 42.5 Å². The van der Waals surface area contributed by atoms with Gasteiger partial charge in [0.1, 0.15) is 0 Å². The lowest BCUT2D eigenvalue weighted by Gasteiger charge is -2.29. The predicted octanol–water partition coefficient (Wildman–Crippen LogP) is 3.03. The van der Waals surface area contributed by atoms with Gasteiger partial charge in [-0.1, -0.05) is 30.3 Å². The molecule has 2 aromatic carbocycles. The Morgan fingerprint density at radius 2 is 1.80 bits per heavy atom. The van der Waals surface area contributed by atoms with Crippen molar-refractivity contribution < 1.29 is 26.4 Å². The summed E-state index contributed by atoms with van der Waals surface area (Å²) in [6.07, 6.45) is -2.78. The molecule has 0 fully saturated rings. The molecule has 0 aromatic heterocycles. The molecule has 0 saturated carbocycles. The molecular formula is C24H31F3N4O3S. The number of carbonyl (C=O) groups excluding carboxylic acids is 1. The Kier molecular flexibility index (Phi) is 8.45. The van der Waals surface area contributed by atoms with E-state index in [0.29, 0.717) is 25.2 Å². The summed E-state index contributed by atoms with van der Waals surface area (Å²) < 4.78 is 65.9. The number of halogens is 3. The average Bonchev–Trinajstić information content (AvgIpc) is 2.78. The Morgan fingerprint density at radius 3 is 2.46 bits per heavy atom. The molecule has 0 bridgehead atoms. The Hall–Kier alpha value is -2.63. The molecule has 2 aromatic rings. The van der Waals surface area contributed by atoms with Gasteiger partial charge in [0, 0.05) is 38.4 Å². The first-order valence-electron chi connectivity index (χ1n) is 11.2. The predicted molar refractivity (Wildman–Crippen MR) is 129 cm³/mol. The Morgan fingerprint density at radius 1 is 1.09 bits per heavy atom. The molecule has 11 heteroatoms. The molecule has 1 aliphatic heterocycles. The van der Waals surface area contributed by atoms with Crippen LogP contribution in [0.4, 0.5) is 18.9 Å². The molecule has 1 aliphatic rings. The van der Waals surface area contributed by atoms with Gasteiger partial charge in [-0.05, 0) is 49.3 Å². The van der Waals surface area contributed by atoms with Crippen molar-refractivity contribution in [2.75, 3.05) is 51.8 Å². The van der Waals surface area contributed by atoms with Crippen LogP contribution in [0.2, 0.25) is 0 Å². The number of anilines is 1. The fourth-order valence-corrected chi connectivity index (χ4v) is 4.83. The summed E-state index contributed by atoms with van der Waals surface area (Å²) in [4.78, 5) is 16.4. The molecule has 0 spiro atoms. The second-order valence-electron chi connectivity index (χ2n) is 8.92. The maximum atomic E-state index is 13.5. The Balaban J connectivity index is 1.78. The number of alkyl halides is 3. The molecule has 0 saturated heterocycles. The second-order valence-corrected chi connectivity index (χ2v) is 10.9. The van der Waals surface area contributed by atoms with Crippen molar-refractivity contribution in [3.63, 3.8) is 0 Å². The highest BCUT2D eigenvalue weighted by molar-refractivity contribution is 7.88. The number of fused-ring (bicyclic) bond motifs is 1. The topological polar surface area (TPSA) is 73.0 Å². The normalized spacial score (nSPS) is 14.6. The van der Waals surface area contributed by atoms with Crippen molar-refractivity contribution in [3.8, 4) is 0 Å². The monoisotopic (exact) mass is 512 g/mol. The van der Waals surface area contributed by atoms with Gasteiger partial charge in [-0.15, -0.1) is 0 Å². The number of sulfonamides is 1. The van der Waals surface area contributed by atoms with E-state index in [-0.39, 0.29) is 37.6 Å². The van der Waals surface area contributed by atoms with E-state index in [1.54, 1.807) is 6.07 Å². The number of amides is 1. The molecule has 0 aliphatic carbocycles. The summed E-state index contributed by atoms with van der Waals surface area (Å²) in [6.45, 7) is 1.05. The van der Waals surface area contributed by atoms with Crippen LogP contribution in [0.25, 0.3) is 0 Å². The molecule has 7 nitrogen and oxygen atoms in total. The summed E-state index contributed by atoms with van der Waals surface area (Å²) in [5, 5.41) is 3.09. The van der Waals surface area contributed by atoms with Gasteiger partial charge in [0.2, 0.25) is 15.9 Å². The number of hydrogen-bond acceptors (Lipinski definition) is 5.